The third-order valence-electron chi connectivity index (χ3n) is 4.71. The maximum Gasteiger partial charge on any atom is 0.410 e. The van der Waals surface area contributed by atoms with Crippen LogP contribution in [0.3, 0.4) is 0 Å². The van der Waals surface area contributed by atoms with Crippen LogP contribution >= 0.6 is 0 Å². The fourth-order valence-electron chi connectivity index (χ4n) is 3.26. The molecule has 130 valence electrons. The molecule has 3 rings (SSSR count). The van der Waals surface area contributed by atoms with Crippen LogP contribution < -0.4 is 5.73 Å². The first kappa shape index (κ1) is 16.8. The van der Waals surface area contributed by atoms with Gasteiger partial charge in [0, 0.05) is 25.2 Å². The lowest BCUT2D eigenvalue weighted by Crippen LogP contribution is -2.47. The summed E-state index contributed by atoms with van der Waals surface area (Å²) in [5.74, 6) is -0.0362. The minimum Gasteiger partial charge on any atom is -0.445 e. The molecule has 2 aliphatic rings. The molecule has 6 heteroatoms. The number of nitrogens with two attached hydrogens (primary N) is 1. The number of nitrogens with zero attached hydrogens (tertiary/aromatic N) is 2. The van der Waals surface area contributed by atoms with E-state index in [1.807, 2.05) is 35.2 Å². The predicted molar refractivity (Wildman–Crippen MR) is 90.1 cm³/mol. The third-order valence-corrected chi connectivity index (χ3v) is 4.71. The summed E-state index contributed by atoms with van der Waals surface area (Å²) in [6.45, 7) is 1.58. The molecule has 2 amide bonds. The molecule has 2 fully saturated rings. The van der Waals surface area contributed by atoms with Gasteiger partial charge in [-0.05, 0) is 31.2 Å². The van der Waals surface area contributed by atoms with Gasteiger partial charge in [0.1, 0.15) is 6.61 Å². The van der Waals surface area contributed by atoms with Crippen LogP contribution in [0, 0.1) is 0 Å². The first-order valence-electron chi connectivity index (χ1n) is 8.66. The first-order chi connectivity index (χ1) is 11.7. The predicted octanol–water partition coefficient (Wildman–Crippen LogP) is 1.74. The summed E-state index contributed by atoms with van der Waals surface area (Å²) in [6, 6.07) is 9.98. The SMILES string of the molecule is NCC(=O)N1CCC[C@H]1CN(C(=O)OCc1ccccc1)C1CC1. The van der Waals surface area contributed by atoms with Crippen molar-refractivity contribution in [2.24, 2.45) is 5.73 Å². The molecule has 2 N–H and O–H groups in total. The molecule has 0 spiro atoms. The summed E-state index contributed by atoms with van der Waals surface area (Å²) < 4.78 is 5.48. The molecule has 6 nitrogen and oxygen atoms in total. The normalized spacial score (nSPS) is 20.0. The Kier molecular flexibility index (Phi) is 5.35. The van der Waals surface area contributed by atoms with Crippen LogP contribution in [0.25, 0.3) is 0 Å². The van der Waals surface area contributed by atoms with Gasteiger partial charge in [0.15, 0.2) is 0 Å². The van der Waals surface area contributed by atoms with Crippen LogP contribution in [0.5, 0.6) is 0 Å². The van der Waals surface area contributed by atoms with E-state index in [9.17, 15) is 9.59 Å². The Morgan fingerprint density at radius 2 is 1.96 bits per heavy atom. The van der Waals surface area contributed by atoms with Gasteiger partial charge in [-0.15, -0.1) is 0 Å². The molecule has 1 aliphatic carbocycles. The summed E-state index contributed by atoms with van der Waals surface area (Å²) >= 11 is 0. The summed E-state index contributed by atoms with van der Waals surface area (Å²) in [4.78, 5) is 28.1. The van der Waals surface area contributed by atoms with E-state index in [2.05, 4.69) is 0 Å². The Labute approximate surface area is 142 Å². The number of benzene rings is 1. The first-order valence-corrected chi connectivity index (χ1v) is 8.66. The van der Waals surface area contributed by atoms with Crippen LogP contribution in [0.15, 0.2) is 30.3 Å². The standard InChI is InChI=1S/C18H25N3O3/c19-11-17(22)20-10-4-7-16(20)12-21(15-8-9-15)18(23)24-13-14-5-2-1-3-6-14/h1-3,5-6,15-16H,4,7-13,19H2/t16-/m0/s1. The van der Waals surface area contributed by atoms with E-state index in [1.165, 1.54) is 0 Å². The molecular formula is C18H25N3O3. The van der Waals surface area contributed by atoms with E-state index < -0.39 is 0 Å². The van der Waals surface area contributed by atoms with Gasteiger partial charge < -0.3 is 20.3 Å². The Balaban J connectivity index is 1.58. The number of carbonyl (C=O) groups is 2. The van der Waals surface area contributed by atoms with Gasteiger partial charge in [0.25, 0.3) is 0 Å². The van der Waals surface area contributed by atoms with Crippen molar-refractivity contribution in [3.05, 3.63) is 35.9 Å². The van der Waals surface area contributed by atoms with E-state index >= 15 is 0 Å². The molecule has 1 aliphatic heterocycles. The highest BCUT2D eigenvalue weighted by Crippen LogP contribution is 2.30. The second-order valence-electron chi connectivity index (χ2n) is 6.51. The van der Waals surface area contributed by atoms with Crippen LogP contribution in [0.2, 0.25) is 0 Å². The van der Waals surface area contributed by atoms with Gasteiger partial charge in [-0.25, -0.2) is 4.79 Å². The summed E-state index contributed by atoms with van der Waals surface area (Å²) in [7, 11) is 0. The van der Waals surface area contributed by atoms with Crippen molar-refractivity contribution in [2.75, 3.05) is 19.6 Å². The van der Waals surface area contributed by atoms with Gasteiger partial charge >= 0.3 is 6.09 Å². The number of amides is 2. The van der Waals surface area contributed by atoms with E-state index in [0.717, 1.165) is 37.8 Å². The van der Waals surface area contributed by atoms with Crippen molar-refractivity contribution < 1.29 is 14.3 Å². The van der Waals surface area contributed by atoms with Crippen LogP contribution in [0.4, 0.5) is 4.79 Å². The van der Waals surface area contributed by atoms with Gasteiger partial charge in [-0.2, -0.15) is 0 Å². The lowest BCUT2D eigenvalue weighted by molar-refractivity contribution is -0.130. The molecule has 1 aromatic rings. The molecule has 0 aromatic heterocycles. The molecule has 0 bridgehead atoms. The number of hydrogen-bond acceptors (Lipinski definition) is 4. The van der Waals surface area contributed by atoms with Crippen molar-refractivity contribution in [3.8, 4) is 0 Å². The van der Waals surface area contributed by atoms with Gasteiger partial charge in [-0.1, -0.05) is 30.3 Å². The van der Waals surface area contributed by atoms with Gasteiger partial charge in [-0.3, -0.25) is 4.79 Å². The van der Waals surface area contributed by atoms with E-state index in [4.69, 9.17) is 10.5 Å². The minimum atomic E-state index is -0.284. The fraction of sp³-hybridized carbons (Fsp3) is 0.556. The number of likely N-dealkylation sites (tertiary alicyclic amines) is 1. The largest absolute Gasteiger partial charge is 0.445 e. The Bertz CT molecular complexity index is 574. The number of hydrogen-bond donors (Lipinski definition) is 1. The second kappa shape index (κ2) is 7.66. The summed E-state index contributed by atoms with van der Waals surface area (Å²) in [5.41, 5.74) is 6.47. The minimum absolute atomic E-state index is 0.0262. The third kappa shape index (κ3) is 4.06. The average molecular weight is 331 g/mol. The highest BCUT2D eigenvalue weighted by molar-refractivity contribution is 5.78. The van der Waals surface area contributed by atoms with Gasteiger partial charge in [0.05, 0.1) is 6.54 Å². The summed E-state index contributed by atoms with van der Waals surface area (Å²) in [6.07, 6.45) is 3.62. The van der Waals surface area contributed by atoms with E-state index in [1.54, 1.807) is 4.90 Å². The molecule has 24 heavy (non-hydrogen) atoms. The maximum atomic E-state index is 12.5. The number of carbonyl (C=O) groups excluding carboxylic acids is 2. The van der Waals surface area contributed by atoms with Crippen molar-refractivity contribution in [1.82, 2.24) is 9.80 Å². The smallest absolute Gasteiger partial charge is 0.410 e. The molecule has 0 unspecified atom stereocenters. The molecule has 1 atom stereocenters. The zero-order valence-electron chi connectivity index (χ0n) is 13.9. The molecule has 1 aromatic carbocycles. The molecule has 1 saturated heterocycles. The highest BCUT2D eigenvalue weighted by atomic mass is 16.6. The average Bonchev–Trinajstić information content (AvgIpc) is 3.35. The Morgan fingerprint density at radius 1 is 1.21 bits per heavy atom. The second-order valence-corrected chi connectivity index (χ2v) is 6.51. The Hall–Kier alpha value is -2.08. The zero-order chi connectivity index (χ0) is 16.9. The number of ether oxygens (including phenoxy) is 1. The Morgan fingerprint density at radius 3 is 2.62 bits per heavy atom. The molecule has 1 saturated carbocycles. The maximum absolute atomic E-state index is 12.5. The fourth-order valence-corrected chi connectivity index (χ4v) is 3.26. The van der Waals surface area contributed by atoms with Crippen LogP contribution in [0.1, 0.15) is 31.2 Å². The quantitative estimate of drug-likeness (QED) is 0.861. The van der Waals surface area contributed by atoms with Crippen molar-refractivity contribution in [2.45, 2.75) is 44.4 Å². The van der Waals surface area contributed by atoms with Gasteiger partial charge in [0.2, 0.25) is 5.91 Å². The van der Waals surface area contributed by atoms with E-state index in [-0.39, 0.29) is 37.2 Å². The topological polar surface area (TPSA) is 75.9 Å². The number of rotatable bonds is 6. The zero-order valence-corrected chi connectivity index (χ0v) is 13.9. The lowest BCUT2D eigenvalue weighted by Gasteiger charge is -2.30. The van der Waals surface area contributed by atoms with E-state index in [0.29, 0.717) is 6.54 Å². The van der Waals surface area contributed by atoms with Crippen molar-refractivity contribution in [1.29, 1.82) is 0 Å². The van der Waals surface area contributed by atoms with Crippen molar-refractivity contribution >= 4 is 12.0 Å². The highest BCUT2D eigenvalue weighted by Gasteiger charge is 2.38. The lowest BCUT2D eigenvalue weighted by atomic mass is 10.2. The van der Waals surface area contributed by atoms with Crippen LogP contribution in [-0.4, -0.2) is 53.5 Å². The van der Waals surface area contributed by atoms with Crippen molar-refractivity contribution in [3.63, 3.8) is 0 Å². The van der Waals surface area contributed by atoms with Crippen LogP contribution in [-0.2, 0) is 16.1 Å². The summed E-state index contributed by atoms with van der Waals surface area (Å²) in [5, 5.41) is 0. The monoisotopic (exact) mass is 331 g/mol. The molecule has 0 radical (unpaired) electrons. The molecular weight excluding hydrogens is 306 g/mol. The molecule has 1 heterocycles.